The third kappa shape index (κ3) is 4.33. The fourth-order valence-corrected chi connectivity index (χ4v) is 3.35. The highest BCUT2D eigenvalue weighted by atomic mass is 79.9. The van der Waals surface area contributed by atoms with E-state index in [1.165, 1.54) is 13.3 Å². The summed E-state index contributed by atoms with van der Waals surface area (Å²) in [6.45, 7) is 1.66. The molecule has 1 N–H and O–H groups in total. The fourth-order valence-electron chi connectivity index (χ4n) is 2.84. The monoisotopic (exact) mass is 486 g/mol. The van der Waals surface area contributed by atoms with Crippen LogP contribution >= 0.6 is 15.9 Å². The van der Waals surface area contributed by atoms with Crippen LogP contribution < -0.4 is 10.1 Å². The molecule has 10 heteroatoms. The summed E-state index contributed by atoms with van der Waals surface area (Å²) in [7, 11) is 1.45. The molecule has 3 rings (SSSR count). The Kier molecular flexibility index (Phi) is 6.16. The lowest BCUT2D eigenvalue weighted by Crippen LogP contribution is -2.13. The van der Waals surface area contributed by atoms with Crippen molar-refractivity contribution in [2.24, 2.45) is 0 Å². The highest BCUT2D eigenvalue weighted by Crippen LogP contribution is 2.40. The summed E-state index contributed by atoms with van der Waals surface area (Å²) < 4.78 is 64.6. The third-order valence-corrected chi connectivity index (χ3v) is 4.80. The first-order chi connectivity index (χ1) is 14.2. The van der Waals surface area contributed by atoms with Crippen molar-refractivity contribution in [2.45, 2.75) is 13.1 Å². The number of aromatic nitrogens is 1. The molecule has 0 atom stereocenters. The van der Waals surface area contributed by atoms with E-state index < -0.39 is 29.2 Å². The van der Waals surface area contributed by atoms with Crippen LogP contribution in [0.15, 0.2) is 41.0 Å². The average molecular weight is 487 g/mol. The van der Waals surface area contributed by atoms with Gasteiger partial charge < -0.3 is 14.8 Å². The van der Waals surface area contributed by atoms with E-state index in [9.17, 15) is 22.4 Å². The molecular formula is C20H15BrF4N2O3. The Hall–Kier alpha value is -2.88. The number of alkyl halides is 3. The topological polar surface area (TPSA) is 60.5 Å². The van der Waals surface area contributed by atoms with E-state index in [-0.39, 0.29) is 17.9 Å². The Morgan fingerprint density at radius 3 is 2.60 bits per heavy atom. The number of halogens is 5. The number of hydrogen-bond donors (Lipinski definition) is 1. The van der Waals surface area contributed by atoms with Crippen molar-refractivity contribution in [3.05, 3.63) is 57.9 Å². The summed E-state index contributed by atoms with van der Waals surface area (Å²) in [5.41, 5.74) is -1.30. The summed E-state index contributed by atoms with van der Waals surface area (Å²) in [6.07, 6.45) is -3.62. The molecule has 0 amide bonds. The van der Waals surface area contributed by atoms with Crippen LogP contribution in [-0.2, 0) is 10.9 Å². The van der Waals surface area contributed by atoms with E-state index >= 15 is 0 Å². The van der Waals surface area contributed by atoms with E-state index in [0.29, 0.717) is 27.2 Å². The molecule has 0 saturated carbocycles. The highest BCUT2D eigenvalue weighted by Gasteiger charge is 2.34. The number of pyridine rings is 1. The van der Waals surface area contributed by atoms with Gasteiger partial charge in [0.05, 0.1) is 40.6 Å². The first-order valence-corrected chi connectivity index (χ1v) is 9.42. The van der Waals surface area contributed by atoms with Crippen molar-refractivity contribution in [3.8, 4) is 5.75 Å². The van der Waals surface area contributed by atoms with Gasteiger partial charge in [0.25, 0.3) is 0 Å². The lowest BCUT2D eigenvalue weighted by atomic mass is 10.1. The van der Waals surface area contributed by atoms with Gasteiger partial charge in [0.15, 0.2) is 0 Å². The smallest absolute Gasteiger partial charge is 0.418 e. The molecule has 0 radical (unpaired) electrons. The molecule has 2 aromatic carbocycles. The van der Waals surface area contributed by atoms with Gasteiger partial charge in [-0.15, -0.1) is 0 Å². The Morgan fingerprint density at radius 2 is 1.97 bits per heavy atom. The average Bonchev–Trinajstić information content (AvgIpc) is 2.68. The van der Waals surface area contributed by atoms with Crippen LogP contribution in [0.1, 0.15) is 22.8 Å². The number of nitrogens with one attached hydrogen (secondary N) is 1. The van der Waals surface area contributed by atoms with Gasteiger partial charge in [0.2, 0.25) is 0 Å². The first kappa shape index (κ1) is 21.8. The lowest BCUT2D eigenvalue weighted by Gasteiger charge is -2.18. The molecule has 0 spiro atoms. The van der Waals surface area contributed by atoms with E-state index in [0.717, 1.165) is 12.1 Å². The SMILES string of the molecule is CCOC(=O)c1cnc2cc(OC)c(Br)cc2c1Nc1ccc(F)cc1C(F)(F)F. The van der Waals surface area contributed by atoms with Crippen LogP contribution in [0, 0.1) is 5.82 Å². The molecule has 1 heterocycles. The molecule has 3 aromatic rings. The predicted molar refractivity (Wildman–Crippen MR) is 107 cm³/mol. The maximum Gasteiger partial charge on any atom is 0.418 e. The number of carbonyl (C=O) groups is 1. The quantitative estimate of drug-likeness (QED) is 0.349. The maximum atomic E-state index is 13.5. The summed E-state index contributed by atoms with van der Waals surface area (Å²) in [5.74, 6) is -1.36. The Balaban J connectivity index is 2.26. The van der Waals surface area contributed by atoms with Gasteiger partial charge in [-0.2, -0.15) is 13.2 Å². The molecule has 0 unspecified atom stereocenters. The minimum atomic E-state index is -4.82. The van der Waals surface area contributed by atoms with Crippen molar-refractivity contribution in [2.75, 3.05) is 19.0 Å². The summed E-state index contributed by atoms with van der Waals surface area (Å²) in [4.78, 5) is 16.6. The zero-order valence-corrected chi connectivity index (χ0v) is 17.3. The van der Waals surface area contributed by atoms with E-state index in [4.69, 9.17) is 9.47 Å². The second-order valence-corrected chi connectivity index (χ2v) is 6.94. The molecule has 0 aliphatic carbocycles. The Morgan fingerprint density at radius 1 is 1.23 bits per heavy atom. The Labute approximate surface area is 177 Å². The fraction of sp³-hybridized carbons (Fsp3) is 0.200. The number of esters is 1. The second kappa shape index (κ2) is 8.47. The number of fused-ring (bicyclic) bond motifs is 1. The molecule has 0 aliphatic rings. The van der Waals surface area contributed by atoms with Gasteiger partial charge in [-0.1, -0.05) is 0 Å². The van der Waals surface area contributed by atoms with Gasteiger partial charge in [0, 0.05) is 17.6 Å². The van der Waals surface area contributed by atoms with Gasteiger partial charge in [-0.3, -0.25) is 4.98 Å². The van der Waals surface area contributed by atoms with Gasteiger partial charge in [-0.25, -0.2) is 9.18 Å². The van der Waals surface area contributed by atoms with E-state index in [1.807, 2.05) is 0 Å². The van der Waals surface area contributed by atoms with Crippen molar-refractivity contribution in [1.82, 2.24) is 4.98 Å². The van der Waals surface area contributed by atoms with Crippen molar-refractivity contribution < 1.29 is 31.8 Å². The highest BCUT2D eigenvalue weighted by molar-refractivity contribution is 9.10. The zero-order valence-electron chi connectivity index (χ0n) is 15.7. The largest absolute Gasteiger partial charge is 0.495 e. The number of nitrogens with zero attached hydrogens (tertiary/aromatic N) is 1. The minimum Gasteiger partial charge on any atom is -0.495 e. The van der Waals surface area contributed by atoms with E-state index in [1.54, 1.807) is 19.1 Å². The second-order valence-electron chi connectivity index (χ2n) is 6.08. The van der Waals surface area contributed by atoms with Gasteiger partial charge >= 0.3 is 12.1 Å². The van der Waals surface area contributed by atoms with Gasteiger partial charge in [-0.05, 0) is 47.1 Å². The number of rotatable bonds is 5. The molecule has 0 aliphatic heterocycles. The molecular weight excluding hydrogens is 472 g/mol. The lowest BCUT2D eigenvalue weighted by molar-refractivity contribution is -0.137. The van der Waals surface area contributed by atoms with Crippen molar-refractivity contribution in [1.29, 1.82) is 0 Å². The van der Waals surface area contributed by atoms with Crippen LogP contribution in [0.4, 0.5) is 28.9 Å². The first-order valence-electron chi connectivity index (χ1n) is 8.62. The van der Waals surface area contributed by atoms with Crippen LogP contribution in [0.25, 0.3) is 10.9 Å². The molecule has 1 aromatic heterocycles. The standard InChI is InChI=1S/C20H15BrF4N2O3/c1-3-30-19(28)12-9-26-16-8-17(29-2)14(21)7-11(16)18(12)27-15-5-4-10(22)6-13(15)20(23,24)25/h4-9H,3H2,1-2H3,(H,26,27). The minimum absolute atomic E-state index is 0.0407. The molecule has 0 saturated heterocycles. The normalized spacial score (nSPS) is 11.4. The zero-order chi connectivity index (χ0) is 22.1. The number of carbonyl (C=O) groups excluding carboxylic acids is 1. The number of benzene rings is 2. The number of methoxy groups -OCH3 is 1. The van der Waals surface area contributed by atoms with Crippen molar-refractivity contribution >= 4 is 44.2 Å². The molecule has 158 valence electrons. The van der Waals surface area contributed by atoms with Crippen molar-refractivity contribution in [3.63, 3.8) is 0 Å². The predicted octanol–water partition coefficient (Wildman–Crippen LogP) is 6.08. The third-order valence-electron chi connectivity index (χ3n) is 4.18. The van der Waals surface area contributed by atoms with Gasteiger partial charge in [0.1, 0.15) is 17.1 Å². The van der Waals surface area contributed by atoms with Crippen LogP contribution in [0.2, 0.25) is 0 Å². The summed E-state index contributed by atoms with van der Waals surface area (Å²) in [6, 6.07) is 5.36. The molecule has 0 bridgehead atoms. The Bertz CT molecular complexity index is 1120. The van der Waals surface area contributed by atoms with Crippen LogP contribution in [0.3, 0.4) is 0 Å². The molecule has 30 heavy (non-hydrogen) atoms. The van der Waals surface area contributed by atoms with Crippen LogP contribution in [-0.4, -0.2) is 24.7 Å². The summed E-state index contributed by atoms with van der Waals surface area (Å²) in [5, 5.41) is 2.97. The number of anilines is 2. The number of hydrogen-bond acceptors (Lipinski definition) is 5. The molecule has 5 nitrogen and oxygen atoms in total. The van der Waals surface area contributed by atoms with E-state index in [2.05, 4.69) is 26.2 Å². The number of ether oxygens (including phenoxy) is 2. The maximum absolute atomic E-state index is 13.5. The van der Waals surface area contributed by atoms with Crippen LogP contribution in [0.5, 0.6) is 5.75 Å². The summed E-state index contributed by atoms with van der Waals surface area (Å²) >= 11 is 3.32. The molecule has 0 fully saturated rings.